The van der Waals surface area contributed by atoms with Crippen LogP contribution >= 0.6 is 0 Å². The monoisotopic (exact) mass is 272 g/mol. The molecule has 2 heterocycles. The summed E-state index contributed by atoms with van der Waals surface area (Å²) in [5.41, 5.74) is 0. The average Bonchev–Trinajstić information content (AvgIpc) is 2.31. The molecule has 2 atom stereocenters. The quantitative estimate of drug-likeness (QED) is 0.433. The van der Waals surface area contributed by atoms with Crippen LogP contribution in [-0.2, 0) is 28.5 Å². The Morgan fingerprint density at radius 1 is 0.842 bits per heavy atom. The average molecular weight is 272 g/mol. The molecule has 0 spiro atoms. The minimum absolute atomic E-state index is 0.0638. The van der Waals surface area contributed by atoms with Crippen LogP contribution in [0.5, 0.6) is 0 Å². The molecule has 2 rings (SSSR count). The van der Waals surface area contributed by atoms with Gasteiger partial charge in [-0.3, -0.25) is 9.59 Å². The molecule has 2 unspecified atom stereocenters. The molecular formula is C13H20O6. The second kappa shape index (κ2) is 7.45. The normalized spacial score (nSPS) is 25.3. The van der Waals surface area contributed by atoms with Crippen molar-refractivity contribution >= 4 is 11.9 Å². The lowest BCUT2D eigenvalue weighted by molar-refractivity contribution is -0.171. The highest BCUT2D eigenvalue weighted by Crippen LogP contribution is 2.17. The molecule has 19 heavy (non-hydrogen) atoms. The van der Waals surface area contributed by atoms with Crippen molar-refractivity contribution in [1.29, 1.82) is 0 Å². The van der Waals surface area contributed by atoms with Gasteiger partial charge < -0.3 is 18.9 Å². The first-order valence-corrected chi connectivity index (χ1v) is 6.78. The summed E-state index contributed by atoms with van der Waals surface area (Å²) >= 11 is 0. The predicted octanol–water partition coefficient (Wildman–Crippen LogP) is 0.821. The lowest BCUT2D eigenvalue weighted by Gasteiger charge is -2.25. The van der Waals surface area contributed by atoms with Crippen molar-refractivity contribution < 1.29 is 28.5 Å². The molecule has 108 valence electrons. The van der Waals surface area contributed by atoms with Crippen molar-refractivity contribution in [3.05, 3.63) is 0 Å². The Morgan fingerprint density at radius 2 is 1.26 bits per heavy atom. The molecule has 0 N–H and O–H groups in total. The SMILES string of the molecule is O=C1CC(CCOCCCOCCC2CC(=O)O2)O1. The summed E-state index contributed by atoms with van der Waals surface area (Å²) in [5.74, 6) is -0.230. The Morgan fingerprint density at radius 3 is 1.63 bits per heavy atom. The highest BCUT2D eigenvalue weighted by atomic mass is 16.6. The molecular weight excluding hydrogens is 252 g/mol. The molecule has 2 aliphatic rings. The number of carbonyl (C=O) groups excluding carboxylic acids is 2. The summed E-state index contributed by atoms with van der Waals surface area (Å²) in [6.07, 6.45) is 3.58. The van der Waals surface area contributed by atoms with Gasteiger partial charge in [0.25, 0.3) is 0 Å². The van der Waals surface area contributed by atoms with Crippen molar-refractivity contribution in [2.24, 2.45) is 0 Å². The molecule has 2 aliphatic heterocycles. The largest absolute Gasteiger partial charge is 0.462 e. The van der Waals surface area contributed by atoms with Gasteiger partial charge in [0.2, 0.25) is 0 Å². The van der Waals surface area contributed by atoms with E-state index < -0.39 is 0 Å². The van der Waals surface area contributed by atoms with Gasteiger partial charge >= 0.3 is 11.9 Å². The van der Waals surface area contributed by atoms with Crippen LogP contribution in [0.1, 0.15) is 32.1 Å². The maximum absolute atomic E-state index is 10.5. The minimum atomic E-state index is -0.115. The van der Waals surface area contributed by atoms with E-state index in [0.717, 1.165) is 19.3 Å². The molecule has 0 aromatic heterocycles. The Bertz CT molecular complexity index is 270. The third kappa shape index (κ3) is 5.16. The second-order valence-corrected chi connectivity index (χ2v) is 4.79. The van der Waals surface area contributed by atoms with E-state index in [1.54, 1.807) is 0 Å². The van der Waals surface area contributed by atoms with Gasteiger partial charge in [-0.05, 0) is 6.42 Å². The van der Waals surface area contributed by atoms with Gasteiger partial charge in [-0.25, -0.2) is 0 Å². The van der Waals surface area contributed by atoms with Crippen LogP contribution < -0.4 is 0 Å². The Labute approximate surface area is 112 Å². The molecule has 2 saturated heterocycles. The summed E-state index contributed by atoms with van der Waals surface area (Å²) in [7, 11) is 0. The molecule has 0 radical (unpaired) electrons. The Hall–Kier alpha value is -1.14. The van der Waals surface area contributed by atoms with Crippen LogP contribution in [0.3, 0.4) is 0 Å². The number of hydrogen-bond acceptors (Lipinski definition) is 6. The van der Waals surface area contributed by atoms with Crippen molar-refractivity contribution in [1.82, 2.24) is 0 Å². The fourth-order valence-electron chi connectivity index (χ4n) is 1.94. The lowest BCUT2D eigenvalue weighted by atomic mass is 10.1. The lowest BCUT2D eigenvalue weighted by Crippen LogP contribution is -2.33. The molecule has 2 fully saturated rings. The van der Waals surface area contributed by atoms with Crippen molar-refractivity contribution in [2.75, 3.05) is 26.4 Å². The van der Waals surface area contributed by atoms with Gasteiger partial charge in [0, 0.05) is 26.1 Å². The van der Waals surface area contributed by atoms with E-state index in [1.165, 1.54) is 0 Å². The fraction of sp³-hybridized carbons (Fsp3) is 0.846. The number of rotatable bonds is 10. The van der Waals surface area contributed by atoms with Crippen molar-refractivity contribution in [3.63, 3.8) is 0 Å². The highest BCUT2D eigenvalue weighted by Gasteiger charge is 2.28. The summed E-state index contributed by atoms with van der Waals surface area (Å²) in [4.78, 5) is 21.1. The summed E-state index contributed by atoms with van der Waals surface area (Å²) in [5, 5.41) is 0. The number of carbonyl (C=O) groups is 2. The minimum Gasteiger partial charge on any atom is -0.462 e. The van der Waals surface area contributed by atoms with Crippen LogP contribution in [0.2, 0.25) is 0 Å². The third-order valence-electron chi connectivity index (χ3n) is 3.13. The standard InChI is InChI=1S/C13H20O6/c14-12-8-10(18-12)2-6-16-4-1-5-17-7-3-11-9-13(15)19-11/h10-11H,1-9H2. The first-order chi connectivity index (χ1) is 9.24. The Balaban J connectivity index is 1.27. The summed E-state index contributed by atoms with van der Waals surface area (Å²) in [6, 6.07) is 0. The smallest absolute Gasteiger partial charge is 0.309 e. The first-order valence-electron chi connectivity index (χ1n) is 6.78. The summed E-state index contributed by atoms with van der Waals surface area (Å²) < 4.78 is 20.5. The molecule has 0 aromatic rings. The van der Waals surface area contributed by atoms with E-state index in [9.17, 15) is 9.59 Å². The van der Waals surface area contributed by atoms with Gasteiger partial charge in [0.1, 0.15) is 12.2 Å². The predicted molar refractivity (Wildman–Crippen MR) is 64.5 cm³/mol. The molecule has 0 aromatic carbocycles. The molecule has 6 nitrogen and oxygen atoms in total. The van der Waals surface area contributed by atoms with Gasteiger partial charge in [-0.1, -0.05) is 0 Å². The topological polar surface area (TPSA) is 71.1 Å². The second-order valence-electron chi connectivity index (χ2n) is 4.79. The number of hydrogen-bond donors (Lipinski definition) is 0. The van der Waals surface area contributed by atoms with Gasteiger partial charge in [-0.2, -0.15) is 0 Å². The first kappa shape index (κ1) is 14.3. The van der Waals surface area contributed by atoms with Crippen molar-refractivity contribution in [2.45, 2.75) is 44.3 Å². The van der Waals surface area contributed by atoms with Crippen LogP contribution in [0.15, 0.2) is 0 Å². The maximum atomic E-state index is 10.5. The van der Waals surface area contributed by atoms with E-state index >= 15 is 0 Å². The Kier molecular flexibility index (Phi) is 5.60. The van der Waals surface area contributed by atoms with Gasteiger partial charge in [0.05, 0.1) is 26.1 Å². The molecule has 6 heteroatoms. The molecule has 0 amide bonds. The molecule has 0 bridgehead atoms. The maximum Gasteiger partial charge on any atom is 0.309 e. The zero-order valence-corrected chi connectivity index (χ0v) is 11.0. The molecule has 0 saturated carbocycles. The third-order valence-corrected chi connectivity index (χ3v) is 3.13. The summed E-state index contributed by atoms with van der Waals surface area (Å²) in [6.45, 7) is 2.55. The van der Waals surface area contributed by atoms with E-state index in [2.05, 4.69) is 0 Å². The highest BCUT2D eigenvalue weighted by molar-refractivity contribution is 5.75. The van der Waals surface area contributed by atoms with E-state index in [-0.39, 0.29) is 24.1 Å². The van der Waals surface area contributed by atoms with E-state index in [4.69, 9.17) is 18.9 Å². The fourth-order valence-corrected chi connectivity index (χ4v) is 1.94. The van der Waals surface area contributed by atoms with Crippen LogP contribution in [0, 0.1) is 0 Å². The van der Waals surface area contributed by atoms with Crippen LogP contribution in [0.25, 0.3) is 0 Å². The van der Waals surface area contributed by atoms with E-state index in [1.807, 2.05) is 0 Å². The number of esters is 2. The zero-order valence-electron chi connectivity index (χ0n) is 11.0. The van der Waals surface area contributed by atoms with Crippen LogP contribution in [-0.4, -0.2) is 50.6 Å². The van der Waals surface area contributed by atoms with E-state index in [0.29, 0.717) is 39.3 Å². The van der Waals surface area contributed by atoms with Crippen LogP contribution in [0.4, 0.5) is 0 Å². The van der Waals surface area contributed by atoms with Crippen molar-refractivity contribution in [3.8, 4) is 0 Å². The molecule has 0 aliphatic carbocycles. The number of ether oxygens (including phenoxy) is 4. The number of cyclic esters (lactones) is 2. The zero-order chi connectivity index (χ0) is 13.5. The van der Waals surface area contributed by atoms with Gasteiger partial charge in [0.15, 0.2) is 0 Å². The van der Waals surface area contributed by atoms with Gasteiger partial charge in [-0.15, -0.1) is 0 Å².